The molecule has 0 aliphatic carbocycles. The van der Waals surface area contributed by atoms with E-state index in [1.165, 1.54) is 11.1 Å². The Morgan fingerprint density at radius 2 is 2.11 bits per heavy atom. The van der Waals surface area contributed by atoms with Gasteiger partial charge in [0.1, 0.15) is 0 Å². The molecule has 19 heavy (non-hydrogen) atoms. The van der Waals surface area contributed by atoms with Crippen molar-refractivity contribution in [1.29, 1.82) is 0 Å². The van der Waals surface area contributed by atoms with Crippen molar-refractivity contribution in [3.8, 4) is 0 Å². The van der Waals surface area contributed by atoms with Crippen LogP contribution in [0.4, 0.5) is 0 Å². The van der Waals surface area contributed by atoms with Gasteiger partial charge in [0.05, 0.1) is 6.54 Å². The van der Waals surface area contributed by atoms with Crippen molar-refractivity contribution >= 4 is 5.96 Å². The minimum Gasteiger partial charge on any atom is -0.370 e. The summed E-state index contributed by atoms with van der Waals surface area (Å²) in [6, 6.07) is 9.03. The van der Waals surface area contributed by atoms with Crippen LogP contribution in [0.1, 0.15) is 25.0 Å². The second kappa shape index (κ2) is 6.57. The minimum absolute atomic E-state index is 0.339. The molecule has 0 spiro atoms. The number of nitrogens with two attached hydrogens (primary N) is 1. The van der Waals surface area contributed by atoms with E-state index in [0.717, 1.165) is 32.6 Å². The Kier molecular flexibility index (Phi) is 4.80. The third-order valence-corrected chi connectivity index (χ3v) is 3.34. The van der Waals surface area contributed by atoms with Crippen LogP contribution in [0.5, 0.6) is 0 Å². The lowest BCUT2D eigenvalue weighted by Gasteiger charge is -2.28. The number of guanidine groups is 1. The van der Waals surface area contributed by atoms with Gasteiger partial charge in [0.25, 0.3) is 0 Å². The Labute approximate surface area is 115 Å². The Balaban J connectivity index is 1.80. The summed E-state index contributed by atoms with van der Waals surface area (Å²) in [7, 11) is 0. The summed E-state index contributed by atoms with van der Waals surface area (Å²) >= 11 is 0. The van der Waals surface area contributed by atoms with Gasteiger partial charge in [-0.1, -0.05) is 24.3 Å². The van der Waals surface area contributed by atoms with Crippen LogP contribution in [0.15, 0.2) is 29.3 Å². The quantitative estimate of drug-likeness (QED) is 0.635. The lowest BCUT2D eigenvalue weighted by molar-refractivity contribution is 0.261. The van der Waals surface area contributed by atoms with Crippen LogP contribution in [0.2, 0.25) is 0 Å². The molecule has 4 heteroatoms. The number of hydrogen-bond acceptors (Lipinski definition) is 2. The maximum absolute atomic E-state index is 5.79. The predicted octanol–water partition coefficient (Wildman–Crippen LogP) is 1.36. The van der Waals surface area contributed by atoms with Gasteiger partial charge in [-0.3, -0.25) is 9.89 Å². The van der Waals surface area contributed by atoms with Gasteiger partial charge in [0.15, 0.2) is 5.96 Å². The number of aliphatic imine (C=N–C) groups is 1. The van der Waals surface area contributed by atoms with E-state index in [4.69, 9.17) is 5.73 Å². The van der Waals surface area contributed by atoms with Crippen molar-refractivity contribution in [1.82, 2.24) is 10.2 Å². The molecule has 0 bridgehead atoms. The molecule has 4 nitrogen and oxygen atoms in total. The van der Waals surface area contributed by atoms with E-state index >= 15 is 0 Å². The van der Waals surface area contributed by atoms with Gasteiger partial charge in [-0.2, -0.15) is 0 Å². The number of rotatable bonds is 4. The molecule has 0 radical (unpaired) electrons. The topological polar surface area (TPSA) is 53.6 Å². The smallest absolute Gasteiger partial charge is 0.188 e. The fourth-order valence-electron chi connectivity index (χ4n) is 2.40. The molecule has 0 unspecified atom stereocenters. The summed E-state index contributed by atoms with van der Waals surface area (Å²) in [5.41, 5.74) is 8.73. The van der Waals surface area contributed by atoms with Gasteiger partial charge in [0, 0.05) is 25.7 Å². The summed E-state index contributed by atoms with van der Waals surface area (Å²) in [4.78, 5) is 6.80. The van der Waals surface area contributed by atoms with Crippen molar-refractivity contribution in [3.63, 3.8) is 0 Å². The second-order valence-corrected chi connectivity index (χ2v) is 5.36. The van der Waals surface area contributed by atoms with Crippen molar-refractivity contribution in [2.24, 2.45) is 10.7 Å². The van der Waals surface area contributed by atoms with E-state index < -0.39 is 0 Å². The van der Waals surface area contributed by atoms with E-state index in [1.807, 2.05) is 0 Å². The van der Waals surface area contributed by atoms with Crippen LogP contribution in [-0.2, 0) is 13.0 Å². The molecule has 0 fully saturated rings. The second-order valence-electron chi connectivity index (χ2n) is 5.36. The molecule has 0 saturated heterocycles. The van der Waals surface area contributed by atoms with E-state index in [0.29, 0.717) is 12.0 Å². The number of hydrogen-bond donors (Lipinski definition) is 2. The van der Waals surface area contributed by atoms with Crippen LogP contribution >= 0.6 is 0 Å². The van der Waals surface area contributed by atoms with E-state index in [2.05, 4.69) is 53.3 Å². The first-order valence-electron chi connectivity index (χ1n) is 7.01. The average molecular weight is 260 g/mol. The third-order valence-electron chi connectivity index (χ3n) is 3.34. The zero-order valence-corrected chi connectivity index (χ0v) is 11.9. The number of fused-ring (bicyclic) bond motifs is 1. The highest BCUT2D eigenvalue weighted by Crippen LogP contribution is 2.17. The van der Waals surface area contributed by atoms with Crippen LogP contribution in [0, 0.1) is 0 Å². The summed E-state index contributed by atoms with van der Waals surface area (Å²) in [6.07, 6.45) is 1.14. The normalized spacial score (nSPS) is 16.5. The number of nitrogens with one attached hydrogen (secondary N) is 1. The third kappa shape index (κ3) is 4.24. The van der Waals surface area contributed by atoms with Crippen molar-refractivity contribution in [2.45, 2.75) is 32.9 Å². The Bertz CT molecular complexity index is 440. The Hall–Kier alpha value is -1.55. The highest BCUT2D eigenvalue weighted by atomic mass is 15.2. The van der Waals surface area contributed by atoms with Gasteiger partial charge in [0.2, 0.25) is 0 Å². The number of nitrogens with zero attached hydrogens (tertiary/aromatic N) is 2. The molecule has 0 amide bonds. The molecule has 2 rings (SSSR count). The molecule has 104 valence electrons. The van der Waals surface area contributed by atoms with Gasteiger partial charge in [-0.15, -0.1) is 0 Å². The zero-order valence-electron chi connectivity index (χ0n) is 11.9. The van der Waals surface area contributed by atoms with Gasteiger partial charge < -0.3 is 11.1 Å². The first-order valence-corrected chi connectivity index (χ1v) is 7.01. The standard InChI is InChI=1S/C15H24N4/c1-12(2)18-15(16)17-8-10-19-9-7-13-5-3-4-6-14(13)11-19/h3-6,12H,7-11H2,1-2H3,(H3,16,17,18). The zero-order chi connectivity index (χ0) is 13.7. The van der Waals surface area contributed by atoms with Crippen LogP contribution in [0.25, 0.3) is 0 Å². The summed E-state index contributed by atoms with van der Waals surface area (Å²) < 4.78 is 0. The molecule has 1 aliphatic heterocycles. The SMILES string of the molecule is CC(C)NC(N)=NCCN1CCc2ccccc2C1. The minimum atomic E-state index is 0.339. The lowest BCUT2D eigenvalue weighted by atomic mass is 10.0. The number of benzene rings is 1. The Morgan fingerprint density at radius 1 is 1.37 bits per heavy atom. The maximum Gasteiger partial charge on any atom is 0.188 e. The first kappa shape index (κ1) is 13.9. The molecule has 3 N–H and O–H groups in total. The van der Waals surface area contributed by atoms with Gasteiger partial charge in [-0.25, -0.2) is 0 Å². The van der Waals surface area contributed by atoms with E-state index in [-0.39, 0.29) is 0 Å². The highest BCUT2D eigenvalue weighted by Gasteiger charge is 2.14. The maximum atomic E-state index is 5.79. The average Bonchev–Trinajstić information content (AvgIpc) is 2.37. The summed E-state index contributed by atoms with van der Waals surface area (Å²) in [5, 5.41) is 3.11. The van der Waals surface area contributed by atoms with E-state index in [1.54, 1.807) is 0 Å². The molecule has 0 saturated carbocycles. The fourth-order valence-corrected chi connectivity index (χ4v) is 2.40. The predicted molar refractivity (Wildman–Crippen MR) is 80.2 cm³/mol. The van der Waals surface area contributed by atoms with Crippen molar-refractivity contribution in [2.75, 3.05) is 19.6 Å². The van der Waals surface area contributed by atoms with Crippen LogP contribution < -0.4 is 11.1 Å². The first-order chi connectivity index (χ1) is 9.15. The fraction of sp³-hybridized carbons (Fsp3) is 0.533. The molecular weight excluding hydrogens is 236 g/mol. The summed E-state index contributed by atoms with van der Waals surface area (Å²) in [6.45, 7) is 7.99. The Morgan fingerprint density at radius 3 is 2.84 bits per heavy atom. The van der Waals surface area contributed by atoms with Crippen molar-refractivity contribution in [3.05, 3.63) is 35.4 Å². The monoisotopic (exact) mass is 260 g/mol. The molecular formula is C15H24N4. The molecule has 1 aromatic rings. The largest absolute Gasteiger partial charge is 0.370 e. The van der Waals surface area contributed by atoms with Gasteiger partial charge >= 0.3 is 0 Å². The van der Waals surface area contributed by atoms with Crippen molar-refractivity contribution < 1.29 is 0 Å². The molecule has 1 heterocycles. The lowest BCUT2D eigenvalue weighted by Crippen LogP contribution is -2.38. The summed E-state index contributed by atoms with van der Waals surface area (Å²) in [5.74, 6) is 0.549. The highest BCUT2D eigenvalue weighted by molar-refractivity contribution is 5.78. The van der Waals surface area contributed by atoms with Crippen LogP contribution in [0.3, 0.4) is 0 Å². The van der Waals surface area contributed by atoms with Gasteiger partial charge in [-0.05, 0) is 31.4 Å². The van der Waals surface area contributed by atoms with Crippen LogP contribution in [-0.4, -0.2) is 36.5 Å². The molecule has 1 aliphatic rings. The molecule has 0 atom stereocenters. The van der Waals surface area contributed by atoms with E-state index in [9.17, 15) is 0 Å². The molecule has 0 aromatic heterocycles. The molecule has 1 aromatic carbocycles.